The van der Waals surface area contributed by atoms with Crippen molar-refractivity contribution >= 4 is 11.3 Å². The van der Waals surface area contributed by atoms with Crippen molar-refractivity contribution in [1.29, 1.82) is 0 Å². The number of rotatable bonds is 7. The van der Waals surface area contributed by atoms with E-state index in [1.54, 1.807) is 0 Å². The first-order chi connectivity index (χ1) is 12.5. The molecule has 1 N–H and O–H groups in total. The molecule has 1 saturated heterocycles. The first kappa shape index (κ1) is 19.6. The Kier molecular flexibility index (Phi) is 6.55. The van der Waals surface area contributed by atoms with Crippen LogP contribution >= 0.6 is 11.3 Å². The van der Waals surface area contributed by atoms with Gasteiger partial charge in [-0.2, -0.15) is 0 Å². The summed E-state index contributed by atoms with van der Waals surface area (Å²) in [5, 5.41) is 5.91. The third kappa shape index (κ3) is 4.57. The number of ether oxygens (including phenoxy) is 1. The Labute approximate surface area is 163 Å². The lowest BCUT2D eigenvalue weighted by atomic mass is 9.68. The molecule has 1 aliphatic heterocycles. The van der Waals surface area contributed by atoms with Crippen molar-refractivity contribution in [3.63, 3.8) is 0 Å². The second kappa shape index (κ2) is 8.69. The zero-order chi connectivity index (χ0) is 18.6. The average molecular weight is 372 g/mol. The third-order valence-electron chi connectivity index (χ3n) is 5.94. The molecule has 3 heteroatoms. The summed E-state index contributed by atoms with van der Waals surface area (Å²) in [6.07, 6.45) is 3.77. The maximum atomic E-state index is 6.11. The Morgan fingerprint density at radius 3 is 2.62 bits per heavy atom. The molecule has 2 heterocycles. The average Bonchev–Trinajstić information content (AvgIpc) is 3.17. The molecule has 0 aliphatic carbocycles. The molecule has 3 atom stereocenters. The van der Waals surface area contributed by atoms with E-state index < -0.39 is 0 Å². The summed E-state index contributed by atoms with van der Waals surface area (Å²) in [6.45, 7) is 10.9. The van der Waals surface area contributed by atoms with Crippen LogP contribution in [0, 0.1) is 12.8 Å². The lowest BCUT2D eigenvalue weighted by Gasteiger charge is -2.43. The molecule has 1 fully saturated rings. The number of benzene rings is 1. The fourth-order valence-electron chi connectivity index (χ4n) is 4.09. The second-order valence-corrected chi connectivity index (χ2v) is 9.17. The summed E-state index contributed by atoms with van der Waals surface area (Å²) in [5.41, 5.74) is 3.05. The van der Waals surface area contributed by atoms with Crippen LogP contribution in [0.5, 0.6) is 0 Å². The Morgan fingerprint density at radius 2 is 1.96 bits per heavy atom. The van der Waals surface area contributed by atoms with Gasteiger partial charge < -0.3 is 10.1 Å². The Morgan fingerprint density at radius 1 is 1.19 bits per heavy atom. The van der Waals surface area contributed by atoms with Gasteiger partial charge in [0.15, 0.2) is 0 Å². The van der Waals surface area contributed by atoms with E-state index in [0.29, 0.717) is 18.1 Å². The molecule has 2 aromatic rings. The molecule has 3 rings (SSSR count). The Bertz CT molecular complexity index is 664. The molecule has 142 valence electrons. The van der Waals surface area contributed by atoms with Gasteiger partial charge in [-0.1, -0.05) is 49.7 Å². The van der Waals surface area contributed by atoms with E-state index >= 15 is 0 Å². The van der Waals surface area contributed by atoms with Gasteiger partial charge >= 0.3 is 0 Å². The minimum absolute atomic E-state index is 0.225. The maximum absolute atomic E-state index is 6.11. The van der Waals surface area contributed by atoms with Gasteiger partial charge in [0, 0.05) is 22.9 Å². The smallest absolute Gasteiger partial charge is 0.0606 e. The monoisotopic (exact) mass is 371 g/mol. The number of thiophene rings is 1. The largest absolute Gasteiger partial charge is 0.378 e. The molecule has 1 aromatic heterocycles. The Hall–Kier alpha value is -1.16. The van der Waals surface area contributed by atoms with E-state index in [1.165, 1.54) is 22.4 Å². The van der Waals surface area contributed by atoms with E-state index in [0.717, 1.165) is 26.0 Å². The fraction of sp³-hybridized carbons (Fsp3) is 0.565. The van der Waals surface area contributed by atoms with E-state index in [1.807, 2.05) is 11.3 Å². The van der Waals surface area contributed by atoms with Crippen LogP contribution in [0.3, 0.4) is 0 Å². The van der Waals surface area contributed by atoms with Crippen LogP contribution in [0.1, 0.15) is 62.1 Å². The predicted molar refractivity (Wildman–Crippen MR) is 112 cm³/mol. The number of aryl methyl sites for hydroxylation is 1. The summed E-state index contributed by atoms with van der Waals surface area (Å²) in [5.74, 6) is 0.568. The van der Waals surface area contributed by atoms with Crippen molar-refractivity contribution in [2.24, 2.45) is 5.92 Å². The molecule has 0 spiro atoms. The van der Waals surface area contributed by atoms with Crippen LogP contribution in [0.15, 0.2) is 41.8 Å². The van der Waals surface area contributed by atoms with Crippen LogP contribution in [0.2, 0.25) is 0 Å². The molecular formula is C23H33NOS. The highest BCUT2D eigenvalue weighted by Crippen LogP contribution is 2.42. The lowest BCUT2D eigenvalue weighted by molar-refractivity contribution is -0.0470. The highest BCUT2D eigenvalue weighted by atomic mass is 32.1. The summed E-state index contributed by atoms with van der Waals surface area (Å²) in [7, 11) is 0. The van der Waals surface area contributed by atoms with Gasteiger partial charge in [-0.25, -0.2) is 0 Å². The molecule has 0 amide bonds. The van der Waals surface area contributed by atoms with Gasteiger partial charge in [-0.05, 0) is 62.6 Å². The van der Waals surface area contributed by atoms with Crippen LogP contribution in [0.4, 0.5) is 0 Å². The molecule has 1 aromatic carbocycles. The first-order valence-corrected chi connectivity index (χ1v) is 10.8. The molecule has 1 aliphatic rings. The van der Waals surface area contributed by atoms with Gasteiger partial charge in [0.2, 0.25) is 0 Å². The molecule has 26 heavy (non-hydrogen) atoms. The van der Waals surface area contributed by atoms with Crippen molar-refractivity contribution in [2.75, 3.05) is 13.2 Å². The minimum Gasteiger partial charge on any atom is -0.378 e. The molecular weight excluding hydrogens is 338 g/mol. The second-order valence-electron chi connectivity index (χ2n) is 8.19. The maximum Gasteiger partial charge on any atom is 0.0606 e. The zero-order valence-corrected chi connectivity index (χ0v) is 17.4. The van der Waals surface area contributed by atoms with Gasteiger partial charge in [-0.3, -0.25) is 0 Å². The zero-order valence-electron chi connectivity index (χ0n) is 16.6. The van der Waals surface area contributed by atoms with Crippen LogP contribution in [0.25, 0.3) is 0 Å². The molecule has 2 nitrogen and oxygen atoms in total. The quantitative estimate of drug-likeness (QED) is 0.657. The molecule has 0 radical (unpaired) electrons. The van der Waals surface area contributed by atoms with Gasteiger partial charge in [0.05, 0.1) is 6.10 Å². The number of hydrogen-bond acceptors (Lipinski definition) is 3. The highest BCUT2D eigenvalue weighted by Gasteiger charge is 2.39. The number of hydrogen-bond donors (Lipinski definition) is 1. The van der Waals surface area contributed by atoms with Crippen LogP contribution < -0.4 is 5.32 Å². The molecule has 0 bridgehead atoms. The van der Waals surface area contributed by atoms with E-state index in [-0.39, 0.29) is 5.41 Å². The van der Waals surface area contributed by atoms with Crippen molar-refractivity contribution < 1.29 is 4.74 Å². The van der Waals surface area contributed by atoms with Crippen molar-refractivity contribution in [3.05, 3.63) is 57.8 Å². The SMILES string of the molecule is Cc1ccc([C@]2(CCN[C@H](C)c3cccs3)CCO[C@H](C(C)C)C2)cc1. The van der Waals surface area contributed by atoms with Crippen LogP contribution in [-0.4, -0.2) is 19.3 Å². The fourth-order valence-corrected chi connectivity index (χ4v) is 4.85. The van der Waals surface area contributed by atoms with Crippen molar-refractivity contribution in [2.45, 2.75) is 64.5 Å². The van der Waals surface area contributed by atoms with Gasteiger partial charge in [0.25, 0.3) is 0 Å². The molecule has 0 unspecified atom stereocenters. The number of nitrogens with one attached hydrogen (secondary N) is 1. The van der Waals surface area contributed by atoms with Crippen LogP contribution in [-0.2, 0) is 10.2 Å². The topological polar surface area (TPSA) is 21.3 Å². The van der Waals surface area contributed by atoms with Crippen molar-refractivity contribution in [1.82, 2.24) is 5.32 Å². The summed E-state index contributed by atoms with van der Waals surface area (Å²) in [4.78, 5) is 1.42. The minimum atomic E-state index is 0.225. The van der Waals surface area contributed by atoms with E-state index in [9.17, 15) is 0 Å². The first-order valence-electron chi connectivity index (χ1n) is 9.96. The predicted octanol–water partition coefficient (Wildman–Crippen LogP) is 5.87. The highest BCUT2D eigenvalue weighted by molar-refractivity contribution is 7.10. The van der Waals surface area contributed by atoms with E-state index in [2.05, 4.69) is 74.8 Å². The molecule has 0 saturated carbocycles. The van der Waals surface area contributed by atoms with E-state index in [4.69, 9.17) is 4.74 Å². The Balaban J connectivity index is 1.73. The lowest BCUT2D eigenvalue weighted by Crippen LogP contribution is -2.42. The third-order valence-corrected chi connectivity index (χ3v) is 6.99. The van der Waals surface area contributed by atoms with Crippen molar-refractivity contribution in [3.8, 4) is 0 Å². The summed E-state index contributed by atoms with van der Waals surface area (Å²) >= 11 is 1.84. The summed E-state index contributed by atoms with van der Waals surface area (Å²) < 4.78 is 6.11. The normalized spacial score (nSPS) is 24.7. The van der Waals surface area contributed by atoms with Gasteiger partial charge in [-0.15, -0.1) is 11.3 Å². The van der Waals surface area contributed by atoms with Gasteiger partial charge in [0.1, 0.15) is 0 Å². The standard InChI is InChI=1S/C23H33NOS/c1-17(2)21-16-23(12-14-25-21,20-9-7-18(3)8-10-20)11-13-24-19(4)22-6-5-15-26-22/h5-10,15,17,19,21,24H,11-14,16H2,1-4H3/t19-,21+,23-/m1/s1. The summed E-state index contributed by atoms with van der Waals surface area (Å²) in [6, 6.07) is 14.0.